The van der Waals surface area contributed by atoms with E-state index >= 15 is 0 Å². The molecule has 0 saturated carbocycles. The van der Waals surface area contributed by atoms with Crippen molar-refractivity contribution in [1.29, 1.82) is 0 Å². The van der Waals surface area contributed by atoms with E-state index in [2.05, 4.69) is 12.2 Å². The van der Waals surface area contributed by atoms with E-state index < -0.39 is 23.9 Å². The molecule has 0 spiro atoms. The van der Waals surface area contributed by atoms with E-state index in [0.29, 0.717) is 40.5 Å². The molecule has 0 aliphatic heterocycles. The Kier molecular flexibility index (Phi) is 11.4. The van der Waals surface area contributed by atoms with E-state index in [1.807, 2.05) is 0 Å². The smallest absolute Gasteiger partial charge is 0.343 e. The molecule has 0 radical (unpaired) electrons. The molecule has 3 rings (SSSR count). The Balaban J connectivity index is 1.51. The zero-order valence-electron chi connectivity index (χ0n) is 22.4. The van der Waals surface area contributed by atoms with Crippen LogP contribution in [0.1, 0.15) is 65.3 Å². The van der Waals surface area contributed by atoms with Gasteiger partial charge in [0.05, 0.1) is 19.3 Å². The van der Waals surface area contributed by atoms with Crippen molar-refractivity contribution in [1.82, 2.24) is 5.32 Å². The number of carbonyl (C=O) groups excluding carboxylic acids is 2. The van der Waals surface area contributed by atoms with Gasteiger partial charge in [0.2, 0.25) is 0 Å². The number of nitrogens with one attached hydrogen (secondary N) is 1. The van der Waals surface area contributed by atoms with Gasteiger partial charge < -0.3 is 24.6 Å². The second-order valence-electron chi connectivity index (χ2n) is 9.12. The van der Waals surface area contributed by atoms with E-state index in [1.54, 1.807) is 66.7 Å². The van der Waals surface area contributed by atoms with Crippen LogP contribution in [0.3, 0.4) is 0 Å². The highest BCUT2D eigenvalue weighted by molar-refractivity contribution is 5.97. The molecule has 0 bridgehead atoms. The number of amides is 1. The SMILES string of the molecule is CCCCCCCOc1ccc(C(=O)Oc2ccc(C[C@H](NC(=O)c3cccc(OC)c3)C(=O)O)cc2)cc1. The highest BCUT2D eigenvalue weighted by Crippen LogP contribution is 2.18. The van der Waals surface area contributed by atoms with Crippen LogP contribution in [0.5, 0.6) is 17.2 Å². The maximum absolute atomic E-state index is 12.6. The number of unbranched alkanes of at least 4 members (excludes halogenated alkanes) is 4. The number of rotatable bonds is 15. The highest BCUT2D eigenvalue weighted by atomic mass is 16.5. The number of carboxylic acids is 1. The van der Waals surface area contributed by atoms with Gasteiger partial charge in [-0.1, -0.05) is 50.8 Å². The number of aliphatic carboxylic acids is 1. The van der Waals surface area contributed by atoms with Crippen LogP contribution in [-0.2, 0) is 11.2 Å². The van der Waals surface area contributed by atoms with Crippen LogP contribution in [0.4, 0.5) is 0 Å². The fraction of sp³-hybridized carbons (Fsp3) is 0.323. The van der Waals surface area contributed by atoms with Gasteiger partial charge in [-0.3, -0.25) is 4.79 Å². The third-order valence-electron chi connectivity index (χ3n) is 6.12. The van der Waals surface area contributed by atoms with Gasteiger partial charge in [-0.2, -0.15) is 0 Å². The van der Waals surface area contributed by atoms with Crippen LogP contribution in [0.25, 0.3) is 0 Å². The molecule has 8 nitrogen and oxygen atoms in total. The summed E-state index contributed by atoms with van der Waals surface area (Å²) in [6.07, 6.45) is 5.87. The van der Waals surface area contributed by atoms with Crippen LogP contribution in [0.15, 0.2) is 72.8 Å². The van der Waals surface area contributed by atoms with Crippen molar-refractivity contribution in [3.8, 4) is 17.2 Å². The summed E-state index contributed by atoms with van der Waals surface area (Å²) in [4.78, 5) is 36.9. The molecule has 0 saturated heterocycles. The van der Waals surface area contributed by atoms with Crippen molar-refractivity contribution in [2.45, 2.75) is 51.5 Å². The largest absolute Gasteiger partial charge is 0.497 e. The molecule has 0 aromatic heterocycles. The van der Waals surface area contributed by atoms with E-state index in [1.165, 1.54) is 32.4 Å². The number of hydrogen-bond acceptors (Lipinski definition) is 6. The second-order valence-corrected chi connectivity index (χ2v) is 9.12. The lowest BCUT2D eigenvalue weighted by Gasteiger charge is -2.15. The van der Waals surface area contributed by atoms with E-state index in [-0.39, 0.29) is 6.42 Å². The Hall–Kier alpha value is -4.33. The van der Waals surface area contributed by atoms with Crippen molar-refractivity contribution in [3.63, 3.8) is 0 Å². The third-order valence-corrected chi connectivity index (χ3v) is 6.12. The van der Waals surface area contributed by atoms with Gasteiger partial charge in [0, 0.05) is 12.0 Å². The number of ether oxygens (including phenoxy) is 3. The minimum atomic E-state index is -1.16. The molecule has 3 aromatic rings. The Morgan fingerprint density at radius 1 is 0.821 bits per heavy atom. The molecule has 206 valence electrons. The third kappa shape index (κ3) is 9.48. The zero-order chi connectivity index (χ0) is 28.0. The first-order chi connectivity index (χ1) is 18.9. The fourth-order valence-corrected chi connectivity index (χ4v) is 3.88. The standard InChI is InChI=1S/C31H35NO7/c1-3-4-5-6-7-19-38-25-17-13-23(14-18-25)31(36)39-26-15-11-22(12-16-26)20-28(30(34)35)32-29(33)24-9-8-10-27(21-24)37-2/h8-18,21,28H,3-7,19-20H2,1-2H3,(H,32,33)(H,34,35)/t28-/m0/s1. The zero-order valence-corrected chi connectivity index (χ0v) is 22.4. The Morgan fingerprint density at radius 3 is 2.18 bits per heavy atom. The second kappa shape index (κ2) is 15.2. The molecule has 2 N–H and O–H groups in total. The Labute approximate surface area is 228 Å². The van der Waals surface area contributed by atoms with E-state index in [4.69, 9.17) is 14.2 Å². The number of carbonyl (C=O) groups is 3. The molecule has 8 heteroatoms. The van der Waals surface area contributed by atoms with Crippen molar-refractivity contribution in [2.75, 3.05) is 13.7 Å². The summed E-state index contributed by atoms with van der Waals surface area (Å²) < 4.78 is 16.3. The van der Waals surface area contributed by atoms with E-state index in [9.17, 15) is 19.5 Å². The first kappa shape index (κ1) is 29.2. The Morgan fingerprint density at radius 2 is 1.51 bits per heavy atom. The van der Waals surface area contributed by atoms with Crippen molar-refractivity contribution in [3.05, 3.63) is 89.5 Å². The molecule has 0 unspecified atom stereocenters. The van der Waals surface area contributed by atoms with Gasteiger partial charge >= 0.3 is 11.9 Å². The summed E-state index contributed by atoms with van der Waals surface area (Å²) in [5.41, 5.74) is 1.34. The van der Waals surface area contributed by atoms with Crippen LogP contribution in [-0.4, -0.2) is 42.7 Å². The van der Waals surface area contributed by atoms with Gasteiger partial charge in [0.1, 0.15) is 23.3 Å². The summed E-state index contributed by atoms with van der Waals surface area (Å²) in [6.45, 7) is 2.83. The Bertz CT molecular complexity index is 1220. The average molecular weight is 534 g/mol. The van der Waals surface area contributed by atoms with Gasteiger partial charge in [0.15, 0.2) is 0 Å². The predicted molar refractivity (Wildman–Crippen MR) is 148 cm³/mol. The van der Waals surface area contributed by atoms with Crippen LogP contribution in [0.2, 0.25) is 0 Å². The van der Waals surface area contributed by atoms with Gasteiger partial charge in [-0.25, -0.2) is 9.59 Å². The maximum Gasteiger partial charge on any atom is 0.343 e. The molecule has 0 heterocycles. The van der Waals surface area contributed by atoms with Gasteiger partial charge in [0.25, 0.3) is 5.91 Å². The quantitative estimate of drug-likeness (QED) is 0.147. The van der Waals surface area contributed by atoms with Gasteiger partial charge in [-0.15, -0.1) is 0 Å². The molecule has 1 amide bonds. The average Bonchev–Trinajstić information content (AvgIpc) is 2.95. The highest BCUT2D eigenvalue weighted by Gasteiger charge is 2.21. The summed E-state index contributed by atoms with van der Waals surface area (Å²) in [5.74, 6) is -0.665. The molecular formula is C31H35NO7. The molecular weight excluding hydrogens is 498 g/mol. The monoisotopic (exact) mass is 533 g/mol. The normalized spacial score (nSPS) is 11.3. The number of benzene rings is 3. The fourth-order valence-electron chi connectivity index (χ4n) is 3.88. The van der Waals surface area contributed by atoms with E-state index in [0.717, 1.165) is 12.8 Å². The number of esters is 1. The lowest BCUT2D eigenvalue weighted by Crippen LogP contribution is -2.42. The summed E-state index contributed by atoms with van der Waals surface area (Å²) in [5, 5.41) is 12.2. The minimum Gasteiger partial charge on any atom is -0.497 e. The lowest BCUT2D eigenvalue weighted by molar-refractivity contribution is -0.139. The molecule has 0 aliphatic rings. The molecule has 39 heavy (non-hydrogen) atoms. The topological polar surface area (TPSA) is 111 Å². The molecule has 1 atom stereocenters. The van der Waals surface area contributed by atoms with Crippen LogP contribution < -0.4 is 19.5 Å². The predicted octanol–water partition coefficient (Wildman–Crippen LogP) is 5.69. The molecule has 0 aliphatic carbocycles. The summed E-state index contributed by atoms with van der Waals surface area (Å²) in [6, 6.07) is 18.6. The summed E-state index contributed by atoms with van der Waals surface area (Å²) >= 11 is 0. The van der Waals surface area contributed by atoms with Crippen LogP contribution >= 0.6 is 0 Å². The molecule has 3 aromatic carbocycles. The first-order valence-electron chi connectivity index (χ1n) is 13.1. The number of methoxy groups -OCH3 is 1. The first-order valence-corrected chi connectivity index (χ1v) is 13.1. The van der Waals surface area contributed by atoms with Crippen molar-refractivity contribution >= 4 is 17.8 Å². The van der Waals surface area contributed by atoms with Crippen molar-refractivity contribution in [2.24, 2.45) is 0 Å². The van der Waals surface area contributed by atoms with Crippen molar-refractivity contribution < 1.29 is 33.7 Å². The summed E-state index contributed by atoms with van der Waals surface area (Å²) in [7, 11) is 1.49. The minimum absolute atomic E-state index is 0.0549. The maximum atomic E-state index is 12.6. The lowest BCUT2D eigenvalue weighted by atomic mass is 10.1. The number of carboxylic acid groups (broad SMARTS) is 1. The van der Waals surface area contributed by atoms with Crippen LogP contribution in [0, 0.1) is 0 Å². The van der Waals surface area contributed by atoms with Gasteiger partial charge in [-0.05, 0) is 66.6 Å². The molecule has 0 fully saturated rings. The number of hydrogen-bond donors (Lipinski definition) is 2.